The number of benzene rings is 2. The molecule has 9 heteroatoms. The van der Waals surface area contributed by atoms with Gasteiger partial charge in [0.2, 0.25) is 15.9 Å². The van der Waals surface area contributed by atoms with E-state index < -0.39 is 10.0 Å². The Kier molecular flexibility index (Phi) is 8.93. The number of likely N-dealkylation sites (N-methyl/N-ethyl adjacent to an activating group) is 1. The smallest absolute Gasteiger partial charge is 0.243 e. The predicted molar refractivity (Wildman–Crippen MR) is 132 cm³/mol. The topological polar surface area (TPSA) is 79.4 Å². The molecule has 1 heterocycles. The molecule has 8 nitrogen and oxygen atoms in total. The maximum Gasteiger partial charge on any atom is 0.243 e. The summed E-state index contributed by atoms with van der Waals surface area (Å²) in [6, 6.07) is 12.7. The Morgan fingerprint density at radius 2 is 1.68 bits per heavy atom. The second kappa shape index (κ2) is 11.7. The summed E-state index contributed by atoms with van der Waals surface area (Å²) >= 11 is 0. The number of aryl methyl sites for hydroxylation is 1. The van der Waals surface area contributed by atoms with E-state index in [1.54, 1.807) is 36.3 Å². The molecule has 1 amide bonds. The Morgan fingerprint density at radius 1 is 1.00 bits per heavy atom. The fourth-order valence-electron chi connectivity index (χ4n) is 3.95. The average Bonchev–Trinajstić information content (AvgIpc) is 2.84. The van der Waals surface area contributed by atoms with E-state index in [-0.39, 0.29) is 12.5 Å². The molecular formula is C25H35N3O5S. The van der Waals surface area contributed by atoms with Crippen molar-refractivity contribution in [3.05, 3.63) is 53.6 Å². The molecule has 1 aliphatic rings. The first-order valence-electron chi connectivity index (χ1n) is 11.6. The standard InChI is InChI=1S/C25H35N3O5S/c1-5-26(18-21-9-12-23(33-6-2)24(17-21)32-4)19-25(29)27-13-15-28(16-14-27)34(30,31)22-10-7-20(3)8-11-22/h7-12,17H,5-6,13-16,18-19H2,1-4H3. The molecule has 0 aliphatic carbocycles. The zero-order valence-corrected chi connectivity index (χ0v) is 21.3. The van der Waals surface area contributed by atoms with Crippen molar-refractivity contribution in [1.82, 2.24) is 14.1 Å². The van der Waals surface area contributed by atoms with Crippen LogP contribution in [-0.4, -0.2) is 81.4 Å². The van der Waals surface area contributed by atoms with Crippen LogP contribution < -0.4 is 9.47 Å². The van der Waals surface area contributed by atoms with Crippen molar-refractivity contribution in [3.63, 3.8) is 0 Å². The third-order valence-electron chi connectivity index (χ3n) is 5.99. The van der Waals surface area contributed by atoms with E-state index in [9.17, 15) is 13.2 Å². The Balaban J connectivity index is 1.57. The van der Waals surface area contributed by atoms with Gasteiger partial charge in [-0.15, -0.1) is 0 Å². The molecule has 1 fully saturated rings. The van der Waals surface area contributed by atoms with Gasteiger partial charge in [0.25, 0.3) is 0 Å². The van der Waals surface area contributed by atoms with Crippen LogP contribution in [0.2, 0.25) is 0 Å². The molecule has 186 valence electrons. The van der Waals surface area contributed by atoms with Gasteiger partial charge in [-0.2, -0.15) is 4.31 Å². The zero-order valence-electron chi connectivity index (χ0n) is 20.5. The van der Waals surface area contributed by atoms with Crippen LogP contribution in [0.5, 0.6) is 11.5 Å². The molecule has 1 saturated heterocycles. The molecule has 3 rings (SSSR count). The van der Waals surface area contributed by atoms with E-state index >= 15 is 0 Å². The van der Waals surface area contributed by atoms with Crippen LogP contribution in [0.1, 0.15) is 25.0 Å². The van der Waals surface area contributed by atoms with Crippen LogP contribution in [0.4, 0.5) is 0 Å². The maximum absolute atomic E-state index is 13.0. The molecule has 0 unspecified atom stereocenters. The second-order valence-electron chi connectivity index (χ2n) is 8.32. The largest absolute Gasteiger partial charge is 0.493 e. The van der Waals surface area contributed by atoms with E-state index in [0.717, 1.165) is 11.1 Å². The summed E-state index contributed by atoms with van der Waals surface area (Å²) in [4.78, 5) is 17.1. The normalized spacial score (nSPS) is 14.9. The van der Waals surface area contributed by atoms with Gasteiger partial charge in [0.05, 0.1) is 25.2 Å². The number of methoxy groups -OCH3 is 1. The monoisotopic (exact) mass is 489 g/mol. The fraction of sp³-hybridized carbons (Fsp3) is 0.480. The van der Waals surface area contributed by atoms with Crippen molar-refractivity contribution < 1.29 is 22.7 Å². The zero-order chi connectivity index (χ0) is 24.7. The van der Waals surface area contributed by atoms with E-state index in [2.05, 4.69) is 4.90 Å². The van der Waals surface area contributed by atoms with E-state index in [1.165, 1.54) is 4.31 Å². The summed E-state index contributed by atoms with van der Waals surface area (Å²) in [5.41, 5.74) is 2.04. The first kappa shape index (κ1) is 26.0. The van der Waals surface area contributed by atoms with Crippen LogP contribution in [0, 0.1) is 6.92 Å². The number of hydrogen-bond donors (Lipinski definition) is 0. The van der Waals surface area contributed by atoms with Crippen LogP contribution in [0.3, 0.4) is 0 Å². The molecule has 1 aliphatic heterocycles. The van der Waals surface area contributed by atoms with Crippen LogP contribution in [0.15, 0.2) is 47.4 Å². The van der Waals surface area contributed by atoms with Crippen molar-refractivity contribution in [3.8, 4) is 11.5 Å². The number of carbonyl (C=O) groups excluding carboxylic acids is 1. The minimum Gasteiger partial charge on any atom is -0.493 e. The first-order chi connectivity index (χ1) is 16.3. The first-order valence-corrected chi connectivity index (χ1v) is 13.1. The number of hydrogen-bond acceptors (Lipinski definition) is 6. The second-order valence-corrected chi connectivity index (χ2v) is 10.3. The summed E-state index contributed by atoms with van der Waals surface area (Å²) in [6.45, 7) is 9.38. The van der Waals surface area contributed by atoms with Crippen molar-refractivity contribution >= 4 is 15.9 Å². The third-order valence-corrected chi connectivity index (χ3v) is 7.90. The molecule has 0 atom stereocenters. The number of sulfonamides is 1. The van der Waals surface area contributed by atoms with E-state index in [0.29, 0.717) is 62.3 Å². The maximum atomic E-state index is 13.0. The van der Waals surface area contributed by atoms with Gasteiger partial charge >= 0.3 is 0 Å². The summed E-state index contributed by atoms with van der Waals surface area (Å²) in [5.74, 6) is 1.38. The highest BCUT2D eigenvalue weighted by atomic mass is 32.2. The van der Waals surface area contributed by atoms with Crippen molar-refractivity contribution in [2.24, 2.45) is 0 Å². The predicted octanol–water partition coefficient (Wildman–Crippen LogP) is 2.76. The van der Waals surface area contributed by atoms with Gasteiger partial charge in [0.1, 0.15) is 0 Å². The number of amides is 1. The molecule has 0 radical (unpaired) electrons. The Hall–Kier alpha value is -2.62. The van der Waals surface area contributed by atoms with Gasteiger partial charge in [0, 0.05) is 32.7 Å². The summed E-state index contributed by atoms with van der Waals surface area (Å²) < 4.78 is 38.3. The minimum absolute atomic E-state index is 0.00661. The average molecular weight is 490 g/mol. The van der Waals surface area contributed by atoms with Gasteiger partial charge in [-0.05, 0) is 50.2 Å². The lowest BCUT2D eigenvalue weighted by molar-refractivity contribution is -0.133. The number of rotatable bonds is 10. The van der Waals surface area contributed by atoms with E-state index in [4.69, 9.17) is 9.47 Å². The quantitative estimate of drug-likeness (QED) is 0.511. The van der Waals surface area contributed by atoms with Crippen molar-refractivity contribution in [1.29, 1.82) is 0 Å². The van der Waals surface area contributed by atoms with Gasteiger partial charge < -0.3 is 14.4 Å². The Morgan fingerprint density at radius 3 is 2.26 bits per heavy atom. The van der Waals surface area contributed by atoms with E-state index in [1.807, 2.05) is 39.0 Å². The molecule has 2 aromatic carbocycles. The lowest BCUT2D eigenvalue weighted by Crippen LogP contribution is -2.52. The Bertz CT molecular complexity index is 1060. The van der Waals surface area contributed by atoms with Crippen molar-refractivity contribution in [2.45, 2.75) is 32.2 Å². The van der Waals surface area contributed by atoms with Crippen LogP contribution in [0.25, 0.3) is 0 Å². The minimum atomic E-state index is -3.55. The molecule has 34 heavy (non-hydrogen) atoms. The molecule has 0 aromatic heterocycles. The molecule has 2 aromatic rings. The van der Waals surface area contributed by atoms with Gasteiger partial charge in [0.15, 0.2) is 11.5 Å². The lowest BCUT2D eigenvalue weighted by atomic mass is 10.2. The number of carbonyl (C=O) groups is 1. The number of nitrogens with zero attached hydrogens (tertiary/aromatic N) is 3. The van der Waals surface area contributed by atoms with Crippen LogP contribution >= 0.6 is 0 Å². The van der Waals surface area contributed by atoms with Gasteiger partial charge in [-0.1, -0.05) is 30.7 Å². The molecule has 0 spiro atoms. The highest BCUT2D eigenvalue weighted by Gasteiger charge is 2.30. The van der Waals surface area contributed by atoms with Crippen molar-refractivity contribution in [2.75, 3.05) is 53.0 Å². The van der Waals surface area contributed by atoms with Gasteiger partial charge in [-0.25, -0.2) is 8.42 Å². The van der Waals surface area contributed by atoms with Gasteiger partial charge in [-0.3, -0.25) is 9.69 Å². The SMILES string of the molecule is CCOc1ccc(CN(CC)CC(=O)N2CCN(S(=O)(=O)c3ccc(C)cc3)CC2)cc1OC. The molecular weight excluding hydrogens is 454 g/mol. The Labute approximate surface area is 203 Å². The van der Waals surface area contributed by atoms with Crippen LogP contribution in [-0.2, 0) is 21.4 Å². The highest BCUT2D eigenvalue weighted by Crippen LogP contribution is 2.28. The molecule has 0 bridgehead atoms. The lowest BCUT2D eigenvalue weighted by Gasteiger charge is -2.35. The number of piperazine rings is 1. The third kappa shape index (κ3) is 6.28. The summed E-state index contributed by atoms with van der Waals surface area (Å²) in [7, 11) is -1.94. The molecule has 0 N–H and O–H groups in total. The summed E-state index contributed by atoms with van der Waals surface area (Å²) in [5, 5.41) is 0. The highest BCUT2D eigenvalue weighted by molar-refractivity contribution is 7.89. The number of ether oxygens (including phenoxy) is 2. The molecule has 0 saturated carbocycles. The fourth-order valence-corrected chi connectivity index (χ4v) is 5.37. The summed E-state index contributed by atoms with van der Waals surface area (Å²) in [6.07, 6.45) is 0.